The summed E-state index contributed by atoms with van der Waals surface area (Å²) in [5.41, 5.74) is 12.9. The molecular weight excluding hydrogens is 605 g/mol. The summed E-state index contributed by atoms with van der Waals surface area (Å²) in [6, 6.07) is 66.9. The highest BCUT2D eigenvalue weighted by molar-refractivity contribution is 5.81. The molecule has 0 saturated carbocycles. The van der Waals surface area contributed by atoms with Crippen LogP contribution in [0.5, 0.6) is 0 Å². The molecule has 0 aromatic heterocycles. The van der Waals surface area contributed by atoms with E-state index in [0.717, 1.165) is 45.3 Å². The Balaban J connectivity index is 1.14. The third-order valence-corrected chi connectivity index (χ3v) is 9.02. The van der Waals surface area contributed by atoms with E-state index in [1.54, 1.807) is 0 Å². The van der Waals surface area contributed by atoms with Gasteiger partial charge in [0, 0.05) is 34.1 Å². The van der Waals surface area contributed by atoms with E-state index in [1.165, 1.54) is 16.7 Å². The zero-order valence-corrected chi connectivity index (χ0v) is 28.9. The molecule has 244 valence electrons. The highest BCUT2D eigenvalue weighted by atomic mass is 15.1. The normalized spacial score (nSPS) is 11.4. The van der Waals surface area contributed by atoms with Crippen LogP contribution in [0, 0.1) is 0 Å². The van der Waals surface area contributed by atoms with E-state index in [-0.39, 0.29) is 5.41 Å². The van der Waals surface area contributed by atoms with Crippen LogP contribution in [0.25, 0.3) is 23.3 Å². The summed E-state index contributed by atoms with van der Waals surface area (Å²) in [4.78, 5) is 4.61. The monoisotopic (exact) mass is 646 g/mol. The molecule has 7 aromatic carbocycles. The number of benzene rings is 7. The summed E-state index contributed by atoms with van der Waals surface area (Å²) in [7, 11) is 0. The van der Waals surface area contributed by atoms with Crippen molar-refractivity contribution in [1.29, 1.82) is 0 Å². The Kier molecular flexibility index (Phi) is 9.44. The van der Waals surface area contributed by atoms with Gasteiger partial charge in [-0.15, -0.1) is 0 Å². The summed E-state index contributed by atoms with van der Waals surface area (Å²) in [6.45, 7) is 6.77. The summed E-state index contributed by atoms with van der Waals surface area (Å²) in [5.74, 6) is 0. The van der Waals surface area contributed by atoms with Gasteiger partial charge in [-0.1, -0.05) is 148 Å². The molecule has 2 heteroatoms. The first-order valence-corrected chi connectivity index (χ1v) is 17.3. The quantitative estimate of drug-likeness (QED) is 0.144. The van der Waals surface area contributed by atoms with Crippen molar-refractivity contribution in [1.82, 2.24) is 0 Å². The molecule has 0 aliphatic rings. The highest BCUT2D eigenvalue weighted by Crippen LogP contribution is 2.38. The largest absolute Gasteiger partial charge is 0.311 e. The molecule has 0 aliphatic carbocycles. The second-order valence-corrected chi connectivity index (χ2v) is 13.6. The van der Waals surface area contributed by atoms with Crippen molar-refractivity contribution >= 4 is 46.3 Å². The first-order chi connectivity index (χ1) is 24.4. The number of nitrogens with zero attached hydrogens (tertiary/aromatic N) is 2. The lowest BCUT2D eigenvalue weighted by molar-refractivity contribution is 0.590. The van der Waals surface area contributed by atoms with Gasteiger partial charge in [0.25, 0.3) is 0 Å². The third-order valence-electron chi connectivity index (χ3n) is 9.02. The minimum Gasteiger partial charge on any atom is -0.311 e. The molecule has 0 fully saturated rings. The van der Waals surface area contributed by atoms with Gasteiger partial charge < -0.3 is 9.80 Å². The lowest BCUT2D eigenvalue weighted by Crippen LogP contribution is -2.13. The minimum atomic E-state index is 0.0954. The predicted molar refractivity (Wildman–Crippen MR) is 215 cm³/mol. The second-order valence-electron chi connectivity index (χ2n) is 13.6. The Morgan fingerprint density at radius 2 is 0.620 bits per heavy atom. The minimum absolute atomic E-state index is 0.0954. The van der Waals surface area contributed by atoms with Crippen LogP contribution in [0.15, 0.2) is 188 Å². The van der Waals surface area contributed by atoms with Crippen molar-refractivity contribution < 1.29 is 0 Å². The van der Waals surface area contributed by atoms with Crippen LogP contribution in [0.4, 0.5) is 34.1 Å². The number of hydrogen-bond donors (Lipinski definition) is 0. The summed E-state index contributed by atoms with van der Waals surface area (Å²) in [6.07, 6.45) is 4.36. The molecule has 0 saturated heterocycles. The SMILES string of the molecule is CC(C)(C)c1ccc(N(c2ccc(C=Cc3ccc(N(c4ccccc4)c4ccccc4)cc3)cc2)c2ccc(-c3ccccc3)cc2)cc1. The van der Waals surface area contributed by atoms with E-state index in [0.29, 0.717) is 0 Å². The maximum Gasteiger partial charge on any atom is 0.0462 e. The molecule has 0 unspecified atom stereocenters. The Bertz CT molecular complexity index is 2090. The van der Waals surface area contributed by atoms with Crippen molar-refractivity contribution in [3.05, 3.63) is 205 Å². The van der Waals surface area contributed by atoms with Crippen LogP contribution < -0.4 is 9.80 Å². The Labute approximate surface area is 297 Å². The van der Waals surface area contributed by atoms with Crippen molar-refractivity contribution in [2.75, 3.05) is 9.80 Å². The van der Waals surface area contributed by atoms with Gasteiger partial charge in [-0.25, -0.2) is 0 Å². The lowest BCUT2D eigenvalue weighted by Gasteiger charge is -2.27. The standard InChI is InChI=1S/C48H42N2/c1-48(2,3)41-27-35-47(36-28-41)50(46-33-25-40(26-34-46)39-13-7-4-8-14-39)45-31-23-38(24-32-45)20-19-37-21-29-44(30-22-37)49(42-15-9-5-10-16-42)43-17-11-6-12-18-43/h4-36H,1-3H3. The third kappa shape index (κ3) is 7.46. The molecule has 0 aliphatic heterocycles. The van der Waals surface area contributed by atoms with Crippen molar-refractivity contribution in [3.63, 3.8) is 0 Å². The number of anilines is 6. The van der Waals surface area contributed by atoms with Gasteiger partial charge in [0.05, 0.1) is 0 Å². The van der Waals surface area contributed by atoms with Gasteiger partial charge >= 0.3 is 0 Å². The fourth-order valence-corrected chi connectivity index (χ4v) is 6.25. The molecule has 0 amide bonds. The molecule has 2 nitrogen and oxygen atoms in total. The van der Waals surface area contributed by atoms with Gasteiger partial charge in [0.15, 0.2) is 0 Å². The van der Waals surface area contributed by atoms with Crippen molar-refractivity contribution in [3.8, 4) is 11.1 Å². The summed E-state index contributed by atoms with van der Waals surface area (Å²) >= 11 is 0. The molecule has 7 aromatic rings. The van der Waals surface area contributed by atoms with E-state index >= 15 is 0 Å². The average Bonchev–Trinajstić information content (AvgIpc) is 3.17. The summed E-state index contributed by atoms with van der Waals surface area (Å²) < 4.78 is 0. The lowest BCUT2D eigenvalue weighted by atomic mass is 9.87. The van der Waals surface area contributed by atoms with E-state index in [9.17, 15) is 0 Å². The Morgan fingerprint density at radius 3 is 1.00 bits per heavy atom. The van der Waals surface area contributed by atoms with Gasteiger partial charge in [-0.05, 0) is 106 Å². The van der Waals surface area contributed by atoms with Crippen LogP contribution in [0.1, 0.15) is 37.5 Å². The fourth-order valence-electron chi connectivity index (χ4n) is 6.25. The summed E-state index contributed by atoms with van der Waals surface area (Å²) in [5, 5.41) is 0. The molecule has 50 heavy (non-hydrogen) atoms. The molecular formula is C48H42N2. The average molecular weight is 647 g/mol. The topological polar surface area (TPSA) is 6.48 Å². The van der Waals surface area contributed by atoms with Gasteiger partial charge in [0.1, 0.15) is 0 Å². The molecule has 0 bridgehead atoms. The van der Waals surface area contributed by atoms with Crippen LogP contribution in [-0.4, -0.2) is 0 Å². The number of rotatable bonds is 9. The first kappa shape index (κ1) is 32.4. The van der Waals surface area contributed by atoms with Gasteiger partial charge in [0.2, 0.25) is 0 Å². The second kappa shape index (κ2) is 14.6. The molecule has 0 heterocycles. The maximum absolute atomic E-state index is 2.33. The van der Waals surface area contributed by atoms with Crippen LogP contribution in [-0.2, 0) is 5.41 Å². The Morgan fingerprint density at radius 1 is 0.320 bits per heavy atom. The highest BCUT2D eigenvalue weighted by Gasteiger charge is 2.17. The molecule has 0 radical (unpaired) electrons. The van der Waals surface area contributed by atoms with Crippen LogP contribution in [0.2, 0.25) is 0 Å². The zero-order valence-electron chi connectivity index (χ0n) is 28.9. The first-order valence-electron chi connectivity index (χ1n) is 17.3. The fraction of sp³-hybridized carbons (Fsp3) is 0.0833. The maximum atomic E-state index is 2.33. The van der Waals surface area contributed by atoms with Crippen LogP contribution in [0.3, 0.4) is 0 Å². The number of para-hydroxylation sites is 2. The van der Waals surface area contributed by atoms with E-state index < -0.39 is 0 Å². The molecule has 0 spiro atoms. The predicted octanol–water partition coefficient (Wildman–Crippen LogP) is 13.8. The molecule has 0 atom stereocenters. The Hall–Kier alpha value is -6.12. The molecule has 0 N–H and O–H groups in total. The van der Waals surface area contributed by atoms with Gasteiger partial charge in [-0.3, -0.25) is 0 Å². The zero-order chi connectivity index (χ0) is 34.3. The van der Waals surface area contributed by atoms with E-state index in [1.807, 2.05) is 0 Å². The van der Waals surface area contributed by atoms with Crippen molar-refractivity contribution in [2.45, 2.75) is 26.2 Å². The van der Waals surface area contributed by atoms with Crippen molar-refractivity contribution in [2.24, 2.45) is 0 Å². The molecule has 7 rings (SSSR count). The van der Waals surface area contributed by atoms with Gasteiger partial charge in [-0.2, -0.15) is 0 Å². The van der Waals surface area contributed by atoms with E-state index in [2.05, 4.69) is 231 Å². The van der Waals surface area contributed by atoms with E-state index in [4.69, 9.17) is 0 Å². The number of hydrogen-bond acceptors (Lipinski definition) is 2. The smallest absolute Gasteiger partial charge is 0.0462 e. The van der Waals surface area contributed by atoms with Crippen LogP contribution >= 0.6 is 0 Å².